The fourth-order valence-corrected chi connectivity index (χ4v) is 1.60. The van der Waals surface area contributed by atoms with Crippen LogP contribution in [-0.2, 0) is 4.74 Å². The molecule has 1 saturated heterocycles. The van der Waals surface area contributed by atoms with Crippen LogP contribution in [0.5, 0.6) is 0 Å². The van der Waals surface area contributed by atoms with Crippen LogP contribution in [0.25, 0.3) is 0 Å². The van der Waals surface area contributed by atoms with E-state index in [2.05, 4.69) is 17.2 Å². The molecule has 76 valence electrons. The molecule has 1 aliphatic heterocycles. The number of nitrogens with one attached hydrogen (secondary N) is 1. The smallest absolute Gasteiger partial charge is 0.126 e. The zero-order chi connectivity index (χ0) is 9.97. The van der Waals surface area contributed by atoms with Gasteiger partial charge in [-0.2, -0.15) is 0 Å². The van der Waals surface area contributed by atoms with E-state index < -0.39 is 0 Å². The van der Waals surface area contributed by atoms with Crippen LogP contribution in [-0.4, -0.2) is 23.7 Å². The van der Waals surface area contributed by atoms with Crippen molar-refractivity contribution in [3.63, 3.8) is 0 Å². The number of rotatable bonds is 2. The first-order valence-corrected chi connectivity index (χ1v) is 4.85. The van der Waals surface area contributed by atoms with E-state index in [1.54, 1.807) is 6.20 Å². The van der Waals surface area contributed by atoms with Gasteiger partial charge < -0.3 is 15.8 Å². The summed E-state index contributed by atoms with van der Waals surface area (Å²) in [6.07, 6.45) is 2.95. The van der Waals surface area contributed by atoms with E-state index in [9.17, 15) is 0 Å². The Hall–Kier alpha value is -1.29. The quantitative estimate of drug-likeness (QED) is 0.742. The summed E-state index contributed by atoms with van der Waals surface area (Å²) in [5.41, 5.74) is 6.23. The standard InChI is InChI=1S/C10H15N3O/c1-7-9(4-5-14-7)13-10-3-2-8(11)6-12-10/h2-3,6-7,9H,4-5,11H2,1H3,(H,12,13). The summed E-state index contributed by atoms with van der Waals surface area (Å²) in [7, 11) is 0. The number of anilines is 2. The second-order valence-corrected chi connectivity index (χ2v) is 3.59. The number of nitrogens with zero attached hydrogens (tertiary/aromatic N) is 1. The number of nitrogen functional groups attached to an aromatic ring is 1. The van der Waals surface area contributed by atoms with Crippen LogP contribution in [0.1, 0.15) is 13.3 Å². The molecule has 1 fully saturated rings. The minimum Gasteiger partial charge on any atom is -0.397 e. The second kappa shape index (κ2) is 3.84. The van der Waals surface area contributed by atoms with E-state index in [0.717, 1.165) is 18.8 Å². The second-order valence-electron chi connectivity index (χ2n) is 3.59. The van der Waals surface area contributed by atoms with E-state index >= 15 is 0 Å². The Bertz CT molecular complexity index is 299. The molecule has 0 amide bonds. The summed E-state index contributed by atoms with van der Waals surface area (Å²) in [5, 5.41) is 3.33. The molecule has 1 aromatic rings. The monoisotopic (exact) mass is 193 g/mol. The lowest BCUT2D eigenvalue weighted by atomic mass is 10.1. The van der Waals surface area contributed by atoms with Gasteiger partial charge in [-0.3, -0.25) is 0 Å². The van der Waals surface area contributed by atoms with Gasteiger partial charge in [0.15, 0.2) is 0 Å². The normalized spacial score (nSPS) is 26.4. The molecule has 0 spiro atoms. The van der Waals surface area contributed by atoms with E-state index in [-0.39, 0.29) is 6.10 Å². The van der Waals surface area contributed by atoms with Crippen molar-refractivity contribution in [1.82, 2.24) is 4.98 Å². The first-order valence-electron chi connectivity index (χ1n) is 4.85. The van der Waals surface area contributed by atoms with Crippen molar-refractivity contribution >= 4 is 11.5 Å². The Balaban J connectivity index is 2.00. The van der Waals surface area contributed by atoms with E-state index in [1.165, 1.54) is 0 Å². The molecule has 2 rings (SSSR count). The van der Waals surface area contributed by atoms with Gasteiger partial charge in [0.05, 0.1) is 24.0 Å². The molecule has 1 aliphatic rings. The molecule has 4 heteroatoms. The lowest BCUT2D eigenvalue weighted by Gasteiger charge is -2.16. The predicted octanol–water partition coefficient (Wildman–Crippen LogP) is 1.25. The minimum atomic E-state index is 0.259. The van der Waals surface area contributed by atoms with Crippen LogP contribution < -0.4 is 11.1 Å². The lowest BCUT2D eigenvalue weighted by molar-refractivity contribution is 0.121. The fourth-order valence-electron chi connectivity index (χ4n) is 1.60. The van der Waals surface area contributed by atoms with Gasteiger partial charge in [0.2, 0.25) is 0 Å². The zero-order valence-electron chi connectivity index (χ0n) is 8.23. The van der Waals surface area contributed by atoms with Crippen molar-refractivity contribution < 1.29 is 4.74 Å². The van der Waals surface area contributed by atoms with Crippen molar-refractivity contribution in [2.24, 2.45) is 0 Å². The van der Waals surface area contributed by atoms with Gasteiger partial charge in [-0.25, -0.2) is 4.98 Å². The predicted molar refractivity (Wildman–Crippen MR) is 56.1 cm³/mol. The third kappa shape index (κ3) is 1.96. The van der Waals surface area contributed by atoms with Crippen LogP contribution in [0, 0.1) is 0 Å². The summed E-state index contributed by atoms with van der Waals surface area (Å²) in [4.78, 5) is 4.18. The third-order valence-corrected chi connectivity index (χ3v) is 2.50. The highest BCUT2D eigenvalue weighted by Crippen LogP contribution is 2.17. The topological polar surface area (TPSA) is 60.2 Å². The molecule has 0 saturated carbocycles. The van der Waals surface area contributed by atoms with Crippen LogP contribution in [0.2, 0.25) is 0 Å². The maximum absolute atomic E-state index is 5.55. The molecular formula is C10H15N3O. The molecule has 14 heavy (non-hydrogen) atoms. The SMILES string of the molecule is CC1OCCC1Nc1ccc(N)cn1. The van der Waals surface area contributed by atoms with Crippen LogP contribution in [0.4, 0.5) is 11.5 Å². The zero-order valence-corrected chi connectivity index (χ0v) is 8.23. The van der Waals surface area contributed by atoms with Crippen LogP contribution >= 0.6 is 0 Å². The van der Waals surface area contributed by atoms with Crippen molar-refractivity contribution in [3.8, 4) is 0 Å². The van der Waals surface area contributed by atoms with Gasteiger partial charge in [0.1, 0.15) is 5.82 Å². The number of nitrogens with two attached hydrogens (primary N) is 1. The van der Waals surface area contributed by atoms with E-state index in [4.69, 9.17) is 10.5 Å². The lowest BCUT2D eigenvalue weighted by Crippen LogP contribution is -2.27. The van der Waals surface area contributed by atoms with Crippen molar-refractivity contribution in [2.75, 3.05) is 17.7 Å². The average molecular weight is 193 g/mol. The molecule has 0 bridgehead atoms. The molecule has 1 aromatic heterocycles. The molecule has 2 heterocycles. The van der Waals surface area contributed by atoms with Crippen molar-refractivity contribution in [1.29, 1.82) is 0 Å². The number of hydrogen-bond donors (Lipinski definition) is 2. The molecule has 0 radical (unpaired) electrons. The average Bonchev–Trinajstić information content (AvgIpc) is 2.56. The first kappa shape index (κ1) is 9.27. The maximum atomic E-state index is 5.55. The van der Waals surface area contributed by atoms with Gasteiger partial charge in [-0.15, -0.1) is 0 Å². The Morgan fingerprint density at radius 2 is 2.43 bits per heavy atom. The largest absolute Gasteiger partial charge is 0.397 e. The molecule has 4 nitrogen and oxygen atoms in total. The van der Waals surface area contributed by atoms with Gasteiger partial charge in [-0.1, -0.05) is 0 Å². The van der Waals surface area contributed by atoms with E-state index in [0.29, 0.717) is 11.7 Å². The molecule has 2 unspecified atom stereocenters. The maximum Gasteiger partial charge on any atom is 0.126 e. The Morgan fingerprint density at radius 1 is 1.57 bits per heavy atom. The Morgan fingerprint density at radius 3 is 3.00 bits per heavy atom. The van der Waals surface area contributed by atoms with Crippen LogP contribution in [0.3, 0.4) is 0 Å². The highest BCUT2D eigenvalue weighted by Gasteiger charge is 2.23. The summed E-state index contributed by atoms with van der Waals surface area (Å²) in [6.45, 7) is 2.90. The Kier molecular flexibility index (Phi) is 2.54. The number of ether oxygens (including phenoxy) is 1. The Labute approximate surface area is 83.5 Å². The van der Waals surface area contributed by atoms with Crippen molar-refractivity contribution in [3.05, 3.63) is 18.3 Å². The van der Waals surface area contributed by atoms with Gasteiger partial charge >= 0.3 is 0 Å². The van der Waals surface area contributed by atoms with Gasteiger partial charge in [0.25, 0.3) is 0 Å². The summed E-state index contributed by atoms with van der Waals surface area (Å²) >= 11 is 0. The van der Waals surface area contributed by atoms with Gasteiger partial charge in [0, 0.05) is 6.61 Å². The molecule has 2 atom stereocenters. The third-order valence-electron chi connectivity index (χ3n) is 2.50. The highest BCUT2D eigenvalue weighted by atomic mass is 16.5. The number of hydrogen-bond acceptors (Lipinski definition) is 4. The summed E-state index contributed by atoms with van der Waals surface area (Å²) < 4.78 is 5.45. The molecule has 0 aromatic carbocycles. The summed E-state index contributed by atoms with van der Waals surface area (Å²) in [6, 6.07) is 4.10. The molecule has 0 aliphatic carbocycles. The summed E-state index contributed by atoms with van der Waals surface area (Å²) in [5.74, 6) is 0.863. The van der Waals surface area contributed by atoms with Crippen LogP contribution in [0.15, 0.2) is 18.3 Å². The van der Waals surface area contributed by atoms with E-state index in [1.807, 2.05) is 12.1 Å². The number of pyridine rings is 1. The highest BCUT2D eigenvalue weighted by molar-refractivity contribution is 5.44. The van der Waals surface area contributed by atoms with Crippen molar-refractivity contribution in [2.45, 2.75) is 25.5 Å². The number of aromatic nitrogens is 1. The van der Waals surface area contributed by atoms with Gasteiger partial charge in [-0.05, 0) is 25.5 Å². The molecular weight excluding hydrogens is 178 g/mol. The fraction of sp³-hybridized carbons (Fsp3) is 0.500. The molecule has 3 N–H and O–H groups in total. The first-order chi connectivity index (χ1) is 6.75. The minimum absolute atomic E-state index is 0.259.